The highest BCUT2D eigenvalue weighted by molar-refractivity contribution is 7.14. The van der Waals surface area contributed by atoms with E-state index in [-0.39, 0.29) is 23.9 Å². The van der Waals surface area contributed by atoms with Gasteiger partial charge in [0, 0.05) is 24.6 Å². The molecular weight excluding hydrogens is 425 g/mol. The van der Waals surface area contributed by atoms with Crippen LogP contribution in [0.2, 0.25) is 0 Å². The smallest absolute Gasteiger partial charge is 0.422 e. The van der Waals surface area contributed by atoms with Gasteiger partial charge in [-0.25, -0.2) is 9.97 Å². The maximum atomic E-state index is 12.3. The number of carbonyl (C=O) groups excluding carboxylic acids is 2. The van der Waals surface area contributed by atoms with Crippen LogP contribution in [-0.4, -0.2) is 34.6 Å². The second-order valence-electron chi connectivity index (χ2n) is 5.96. The van der Waals surface area contributed by atoms with Crippen molar-refractivity contribution in [2.45, 2.75) is 19.6 Å². The molecule has 3 heterocycles. The summed E-state index contributed by atoms with van der Waals surface area (Å²) in [6, 6.07) is 5.87. The van der Waals surface area contributed by atoms with E-state index in [9.17, 15) is 22.8 Å². The van der Waals surface area contributed by atoms with Gasteiger partial charge in [0.15, 0.2) is 17.5 Å². The first-order valence-corrected chi connectivity index (χ1v) is 9.33. The Bertz CT molecular complexity index is 1030. The van der Waals surface area contributed by atoms with Gasteiger partial charge in [-0.05, 0) is 18.2 Å². The number of alkyl halides is 3. The van der Waals surface area contributed by atoms with Crippen LogP contribution in [0.1, 0.15) is 23.0 Å². The van der Waals surface area contributed by atoms with E-state index in [4.69, 9.17) is 4.42 Å². The number of thiazole rings is 1. The molecule has 0 radical (unpaired) electrons. The molecule has 0 aliphatic heterocycles. The molecule has 30 heavy (non-hydrogen) atoms. The Morgan fingerprint density at radius 3 is 2.70 bits per heavy atom. The van der Waals surface area contributed by atoms with Gasteiger partial charge in [-0.15, -0.1) is 11.3 Å². The summed E-state index contributed by atoms with van der Waals surface area (Å²) >= 11 is 1.17. The molecule has 2 N–H and O–H groups in total. The van der Waals surface area contributed by atoms with Gasteiger partial charge in [0.1, 0.15) is 11.5 Å². The molecule has 0 saturated heterocycles. The fraction of sp³-hybridized carbons (Fsp3) is 0.222. The van der Waals surface area contributed by atoms with Gasteiger partial charge in [-0.3, -0.25) is 14.9 Å². The van der Waals surface area contributed by atoms with Gasteiger partial charge in [0.25, 0.3) is 5.91 Å². The van der Waals surface area contributed by atoms with E-state index < -0.39 is 18.7 Å². The van der Waals surface area contributed by atoms with Crippen LogP contribution in [0.25, 0.3) is 11.5 Å². The van der Waals surface area contributed by atoms with Crippen LogP contribution in [-0.2, 0) is 11.3 Å². The first-order valence-electron chi connectivity index (χ1n) is 8.45. The number of aromatic nitrogens is 2. The summed E-state index contributed by atoms with van der Waals surface area (Å²) in [6.45, 7) is 0.184. The number of nitrogens with zero attached hydrogens (tertiary/aromatic N) is 2. The van der Waals surface area contributed by atoms with Crippen LogP contribution in [0.4, 0.5) is 18.3 Å². The SMILES string of the molecule is CC(=O)NCc1ccc(-c2csc(NC(=O)c3ccc(OCC(F)(F)F)nc3)n2)o1. The zero-order valence-corrected chi connectivity index (χ0v) is 16.3. The van der Waals surface area contributed by atoms with Crippen LogP contribution in [0.5, 0.6) is 5.88 Å². The predicted molar refractivity (Wildman–Crippen MR) is 101 cm³/mol. The van der Waals surface area contributed by atoms with Crippen molar-refractivity contribution in [3.63, 3.8) is 0 Å². The molecule has 0 aliphatic rings. The van der Waals surface area contributed by atoms with Crippen molar-refractivity contribution in [3.05, 3.63) is 47.2 Å². The van der Waals surface area contributed by atoms with Crippen molar-refractivity contribution < 1.29 is 31.9 Å². The molecule has 3 aromatic rings. The van der Waals surface area contributed by atoms with Crippen LogP contribution >= 0.6 is 11.3 Å². The van der Waals surface area contributed by atoms with Gasteiger partial charge in [-0.2, -0.15) is 13.2 Å². The molecule has 0 atom stereocenters. The first-order chi connectivity index (χ1) is 14.2. The number of hydrogen-bond donors (Lipinski definition) is 2. The maximum Gasteiger partial charge on any atom is 0.422 e. The van der Waals surface area contributed by atoms with Crippen molar-refractivity contribution in [2.75, 3.05) is 11.9 Å². The molecule has 158 valence electrons. The van der Waals surface area contributed by atoms with Gasteiger partial charge >= 0.3 is 6.18 Å². The number of carbonyl (C=O) groups is 2. The van der Waals surface area contributed by atoms with E-state index in [0.717, 1.165) is 6.20 Å². The predicted octanol–water partition coefficient (Wildman–Crippen LogP) is 3.63. The summed E-state index contributed by atoms with van der Waals surface area (Å²) in [4.78, 5) is 31.2. The maximum absolute atomic E-state index is 12.3. The minimum Gasteiger partial charge on any atom is -0.468 e. The molecule has 0 saturated carbocycles. The standard InChI is InChI=1S/C18H15F3N4O4S/c1-10(26)22-7-12-3-4-14(29-12)13-8-30-17(24-13)25-16(27)11-2-5-15(23-6-11)28-9-18(19,20)21/h2-6,8H,7,9H2,1H3,(H,22,26)(H,24,25,27). The summed E-state index contributed by atoms with van der Waals surface area (Å²) < 4.78 is 46.5. The zero-order chi connectivity index (χ0) is 21.7. The van der Waals surface area contributed by atoms with Crippen molar-refractivity contribution in [3.8, 4) is 17.3 Å². The van der Waals surface area contributed by atoms with E-state index in [1.807, 2.05) is 0 Å². The number of nitrogens with one attached hydrogen (secondary N) is 2. The van der Waals surface area contributed by atoms with Crippen molar-refractivity contribution in [1.29, 1.82) is 0 Å². The number of furan rings is 1. The highest BCUT2D eigenvalue weighted by Gasteiger charge is 2.28. The number of pyridine rings is 1. The highest BCUT2D eigenvalue weighted by atomic mass is 32.1. The molecule has 2 amide bonds. The fourth-order valence-corrected chi connectivity index (χ4v) is 2.89. The lowest BCUT2D eigenvalue weighted by atomic mass is 10.3. The quantitative estimate of drug-likeness (QED) is 0.581. The number of anilines is 1. The molecule has 0 aromatic carbocycles. The third kappa shape index (κ3) is 6.04. The largest absolute Gasteiger partial charge is 0.468 e. The van der Waals surface area contributed by atoms with E-state index >= 15 is 0 Å². The van der Waals surface area contributed by atoms with Gasteiger partial charge in [-0.1, -0.05) is 0 Å². The number of halogens is 3. The highest BCUT2D eigenvalue weighted by Crippen LogP contribution is 2.27. The van der Waals surface area contributed by atoms with Crippen LogP contribution < -0.4 is 15.4 Å². The summed E-state index contributed by atoms with van der Waals surface area (Å²) in [5, 5.41) is 7.18. The van der Waals surface area contributed by atoms with Gasteiger partial charge in [0.2, 0.25) is 11.8 Å². The summed E-state index contributed by atoms with van der Waals surface area (Å²) in [7, 11) is 0. The van der Waals surface area contributed by atoms with Crippen molar-refractivity contribution in [1.82, 2.24) is 15.3 Å². The lowest BCUT2D eigenvalue weighted by Gasteiger charge is -2.08. The van der Waals surface area contributed by atoms with E-state index in [1.165, 1.54) is 30.4 Å². The topological polar surface area (TPSA) is 106 Å². The Kier molecular flexibility index (Phi) is 6.35. The number of ether oxygens (including phenoxy) is 1. The van der Waals surface area contributed by atoms with E-state index in [2.05, 4.69) is 25.3 Å². The normalized spacial score (nSPS) is 11.2. The Balaban J connectivity index is 1.59. The molecule has 0 fully saturated rings. The number of amides is 2. The molecule has 0 aliphatic carbocycles. The van der Waals surface area contributed by atoms with Gasteiger partial charge in [0.05, 0.1) is 12.1 Å². The Labute approximate surface area is 172 Å². The molecule has 0 bridgehead atoms. The molecule has 0 spiro atoms. The van der Waals surface area contributed by atoms with E-state index in [1.54, 1.807) is 17.5 Å². The molecular formula is C18H15F3N4O4S. The molecule has 3 aromatic heterocycles. The zero-order valence-electron chi connectivity index (χ0n) is 15.4. The lowest BCUT2D eigenvalue weighted by molar-refractivity contribution is -0.154. The molecule has 8 nitrogen and oxygen atoms in total. The summed E-state index contributed by atoms with van der Waals surface area (Å²) in [6.07, 6.45) is -3.37. The Hall–Kier alpha value is -3.41. The second kappa shape index (κ2) is 8.95. The summed E-state index contributed by atoms with van der Waals surface area (Å²) in [5.41, 5.74) is 0.625. The Morgan fingerprint density at radius 1 is 1.23 bits per heavy atom. The Morgan fingerprint density at radius 2 is 2.03 bits per heavy atom. The third-order valence-corrected chi connectivity index (χ3v) is 4.29. The van der Waals surface area contributed by atoms with E-state index in [0.29, 0.717) is 22.3 Å². The third-order valence-electron chi connectivity index (χ3n) is 3.53. The molecule has 3 rings (SSSR count). The summed E-state index contributed by atoms with van der Waals surface area (Å²) in [5.74, 6) is 0.0727. The molecule has 12 heteroatoms. The van der Waals surface area contributed by atoms with Crippen molar-refractivity contribution in [2.24, 2.45) is 0 Å². The van der Waals surface area contributed by atoms with Crippen LogP contribution in [0, 0.1) is 0 Å². The average Bonchev–Trinajstić information content (AvgIpc) is 3.34. The fourth-order valence-electron chi connectivity index (χ4n) is 2.19. The van der Waals surface area contributed by atoms with Crippen molar-refractivity contribution >= 4 is 28.3 Å². The number of rotatable bonds is 7. The van der Waals surface area contributed by atoms with Gasteiger partial charge < -0.3 is 14.5 Å². The second-order valence-corrected chi connectivity index (χ2v) is 6.81. The average molecular weight is 440 g/mol. The minimum atomic E-state index is -4.47. The monoisotopic (exact) mass is 440 g/mol. The lowest BCUT2D eigenvalue weighted by Crippen LogP contribution is -2.19. The minimum absolute atomic E-state index is 0.127. The number of hydrogen-bond acceptors (Lipinski definition) is 7. The van der Waals surface area contributed by atoms with Crippen LogP contribution in [0.3, 0.4) is 0 Å². The van der Waals surface area contributed by atoms with Crippen LogP contribution in [0.15, 0.2) is 40.3 Å². The molecule has 0 unspecified atom stereocenters. The first kappa shape index (κ1) is 21.3.